The van der Waals surface area contributed by atoms with Crippen molar-refractivity contribution < 1.29 is 9.53 Å². The summed E-state index contributed by atoms with van der Waals surface area (Å²) in [7, 11) is 0. The summed E-state index contributed by atoms with van der Waals surface area (Å²) in [4.78, 5) is 10.5. The number of fused-ring (bicyclic) bond motifs is 1. The molecule has 0 radical (unpaired) electrons. The molecule has 2 rings (SSSR count). The maximum Gasteiger partial charge on any atom is 0.410 e. The molecular formula is C9H4Cl2O2S. The number of carbonyl (C=O) groups is 1. The van der Waals surface area contributed by atoms with Gasteiger partial charge in [0.2, 0.25) is 5.06 Å². The van der Waals surface area contributed by atoms with Crippen LogP contribution in [0.4, 0.5) is 4.79 Å². The first-order valence-corrected chi connectivity index (χ1v) is 5.30. The van der Waals surface area contributed by atoms with Gasteiger partial charge in [-0.25, -0.2) is 4.79 Å². The van der Waals surface area contributed by atoms with Gasteiger partial charge >= 0.3 is 5.43 Å². The summed E-state index contributed by atoms with van der Waals surface area (Å²) in [5, 5.41) is 1.64. The van der Waals surface area contributed by atoms with Gasteiger partial charge in [0.1, 0.15) is 5.02 Å². The fourth-order valence-corrected chi connectivity index (χ4v) is 2.57. The van der Waals surface area contributed by atoms with Crippen molar-refractivity contribution in [1.82, 2.24) is 0 Å². The van der Waals surface area contributed by atoms with Crippen molar-refractivity contribution in [3.8, 4) is 5.06 Å². The van der Waals surface area contributed by atoms with E-state index in [0.29, 0.717) is 10.1 Å². The van der Waals surface area contributed by atoms with Gasteiger partial charge in [-0.1, -0.05) is 41.1 Å². The average molecular weight is 247 g/mol. The lowest BCUT2D eigenvalue weighted by atomic mass is 10.3. The number of thiophene rings is 1. The van der Waals surface area contributed by atoms with E-state index in [-0.39, 0.29) is 0 Å². The second-order valence-electron chi connectivity index (χ2n) is 2.54. The molecule has 0 saturated heterocycles. The molecule has 0 fully saturated rings. The predicted octanol–water partition coefficient (Wildman–Crippen LogP) is 4.29. The van der Waals surface area contributed by atoms with E-state index in [0.717, 1.165) is 10.1 Å². The second kappa shape index (κ2) is 3.77. The highest BCUT2D eigenvalue weighted by molar-refractivity contribution is 7.21. The summed E-state index contributed by atoms with van der Waals surface area (Å²) in [5.74, 6) is 0. The first-order valence-electron chi connectivity index (χ1n) is 3.73. The maximum absolute atomic E-state index is 10.5. The first kappa shape index (κ1) is 9.77. The van der Waals surface area contributed by atoms with Crippen molar-refractivity contribution in [2.75, 3.05) is 0 Å². The molecule has 0 aliphatic heterocycles. The molecule has 0 N–H and O–H groups in total. The van der Waals surface area contributed by atoms with Crippen LogP contribution in [0.25, 0.3) is 10.1 Å². The Morgan fingerprint density at radius 1 is 1.36 bits per heavy atom. The average Bonchev–Trinajstić information content (AvgIpc) is 2.44. The molecule has 0 saturated carbocycles. The lowest BCUT2D eigenvalue weighted by molar-refractivity contribution is 0.227. The van der Waals surface area contributed by atoms with E-state index in [1.165, 1.54) is 11.3 Å². The molecule has 0 unspecified atom stereocenters. The third-order valence-electron chi connectivity index (χ3n) is 1.68. The van der Waals surface area contributed by atoms with Crippen LogP contribution in [0.1, 0.15) is 0 Å². The first-order chi connectivity index (χ1) is 6.68. The number of rotatable bonds is 1. The zero-order valence-corrected chi connectivity index (χ0v) is 9.12. The summed E-state index contributed by atoms with van der Waals surface area (Å²) in [6.45, 7) is 0. The van der Waals surface area contributed by atoms with Crippen LogP contribution >= 0.6 is 34.5 Å². The molecular weight excluding hydrogens is 243 g/mol. The van der Waals surface area contributed by atoms with Crippen molar-refractivity contribution in [2.24, 2.45) is 0 Å². The third kappa shape index (κ3) is 1.71. The highest BCUT2D eigenvalue weighted by Crippen LogP contribution is 2.41. The van der Waals surface area contributed by atoms with E-state index in [1.54, 1.807) is 0 Å². The number of carbonyl (C=O) groups excluding carboxylic acids is 1. The third-order valence-corrected chi connectivity index (χ3v) is 3.29. The maximum atomic E-state index is 10.5. The molecule has 2 aromatic rings. The van der Waals surface area contributed by atoms with Gasteiger partial charge in [0.05, 0.1) is 0 Å². The molecule has 1 aromatic carbocycles. The summed E-state index contributed by atoms with van der Waals surface area (Å²) < 4.78 is 5.71. The number of halogens is 2. The molecule has 1 aromatic heterocycles. The van der Waals surface area contributed by atoms with Crippen molar-refractivity contribution >= 4 is 50.1 Å². The Hall–Kier alpha value is -0.770. The highest BCUT2D eigenvalue weighted by atomic mass is 35.5. The van der Waals surface area contributed by atoms with Crippen LogP contribution in [0.3, 0.4) is 0 Å². The summed E-state index contributed by atoms with van der Waals surface area (Å²) in [5.41, 5.74) is -0.876. The van der Waals surface area contributed by atoms with Gasteiger partial charge in [0, 0.05) is 21.7 Å². The SMILES string of the molecule is O=C(Cl)Oc1sc2ccccc2c1Cl. The Labute approximate surface area is 94.0 Å². The zero-order chi connectivity index (χ0) is 10.1. The molecule has 2 nitrogen and oxygen atoms in total. The molecule has 5 heteroatoms. The molecule has 72 valence electrons. The van der Waals surface area contributed by atoms with Gasteiger partial charge in [-0.05, 0) is 6.07 Å². The monoisotopic (exact) mass is 246 g/mol. The Morgan fingerprint density at radius 3 is 2.71 bits per heavy atom. The van der Waals surface area contributed by atoms with Crippen LogP contribution < -0.4 is 4.74 Å². The van der Waals surface area contributed by atoms with Crippen molar-refractivity contribution in [3.63, 3.8) is 0 Å². The lowest BCUT2D eigenvalue weighted by Gasteiger charge is -1.93. The van der Waals surface area contributed by atoms with Gasteiger partial charge in [-0.15, -0.1) is 0 Å². The fraction of sp³-hybridized carbons (Fsp3) is 0. The van der Waals surface area contributed by atoms with Gasteiger partial charge < -0.3 is 4.74 Å². The normalized spacial score (nSPS) is 10.4. The summed E-state index contributed by atoms with van der Waals surface area (Å²) >= 11 is 12.4. The number of hydrogen-bond acceptors (Lipinski definition) is 3. The van der Waals surface area contributed by atoms with Crippen LogP contribution in [0.5, 0.6) is 5.06 Å². The highest BCUT2D eigenvalue weighted by Gasteiger charge is 2.12. The number of benzene rings is 1. The molecule has 0 amide bonds. The minimum atomic E-state index is -0.876. The molecule has 0 spiro atoms. The van der Waals surface area contributed by atoms with E-state index >= 15 is 0 Å². The van der Waals surface area contributed by atoms with E-state index in [9.17, 15) is 4.79 Å². The summed E-state index contributed by atoms with van der Waals surface area (Å²) in [6, 6.07) is 7.52. The molecule has 0 aliphatic rings. The standard InChI is InChI=1S/C9H4Cl2O2S/c10-7-5-3-1-2-4-6(5)14-8(7)13-9(11)12/h1-4H. The Kier molecular flexibility index (Phi) is 2.63. The Balaban J connectivity index is 2.57. The Morgan fingerprint density at radius 2 is 2.07 bits per heavy atom. The van der Waals surface area contributed by atoms with Crippen LogP contribution in [0.2, 0.25) is 5.02 Å². The predicted molar refractivity (Wildman–Crippen MR) is 58.7 cm³/mol. The van der Waals surface area contributed by atoms with Crippen LogP contribution in [-0.4, -0.2) is 5.43 Å². The zero-order valence-electron chi connectivity index (χ0n) is 6.79. The fourth-order valence-electron chi connectivity index (χ4n) is 1.13. The van der Waals surface area contributed by atoms with E-state index in [4.69, 9.17) is 27.9 Å². The summed E-state index contributed by atoms with van der Waals surface area (Å²) in [6.07, 6.45) is 0. The largest absolute Gasteiger partial charge is 0.410 e. The molecule has 0 bridgehead atoms. The van der Waals surface area contributed by atoms with E-state index in [2.05, 4.69) is 0 Å². The van der Waals surface area contributed by atoms with E-state index < -0.39 is 5.43 Å². The van der Waals surface area contributed by atoms with Gasteiger partial charge in [0.15, 0.2) is 0 Å². The van der Waals surface area contributed by atoms with Gasteiger partial charge in [-0.3, -0.25) is 0 Å². The van der Waals surface area contributed by atoms with Gasteiger partial charge in [-0.2, -0.15) is 0 Å². The molecule has 0 aliphatic carbocycles. The van der Waals surface area contributed by atoms with Crippen LogP contribution in [-0.2, 0) is 0 Å². The second-order valence-corrected chi connectivity index (χ2v) is 4.24. The van der Waals surface area contributed by atoms with Crippen molar-refractivity contribution in [3.05, 3.63) is 29.3 Å². The topological polar surface area (TPSA) is 26.3 Å². The van der Waals surface area contributed by atoms with Crippen molar-refractivity contribution in [1.29, 1.82) is 0 Å². The van der Waals surface area contributed by atoms with Crippen LogP contribution in [0.15, 0.2) is 24.3 Å². The minimum Gasteiger partial charge on any atom is -0.402 e. The smallest absolute Gasteiger partial charge is 0.402 e. The number of hydrogen-bond donors (Lipinski definition) is 0. The van der Waals surface area contributed by atoms with Gasteiger partial charge in [0.25, 0.3) is 0 Å². The molecule has 14 heavy (non-hydrogen) atoms. The van der Waals surface area contributed by atoms with E-state index in [1.807, 2.05) is 24.3 Å². The molecule has 0 atom stereocenters. The van der Waals surface area contributed by atoms with Crippen molar-refractivity contribution in [2.45, 2.75) is 0 Å². The minimum absolute atomic E-state index is 0.341. The lowest BCUT2D eigenvalue weighted by Crippen LogP contribution is -1.93. The van der Waals surface area contributed by atoms with Crippen LogP contribution in [0, 0.1) is 0 Å². The molecule has 1 heterocycles. The Bertz CT molecular complexity index is 493. The number of ether oxygens (including phenoxy) is 1. The quantitative estimate of drug-likeness (QED) is 0.702.